The van der Waals surface area contributed by atoms with Crippen molar-refractivity contribution in [1.82, 2.24) is 0 Å². The van der Waals surface area contributed by atoms with Crippen LogP contribution in [0.5, 0.6) is 0 Å². The van der Waals surface area contributed by atoms with E-state index in [9.17, 15) is 0 Å². The molecule has 0 unspecified atom stereocenters. The third kappa shape index (κ3) is 5.86. The number of hydrogen-bond donors (Lipinski definition) is 0. The summed E-state index contributed by atoms with van der Waals surface area (Å²) in [5.41, 5.74) is 11.1. The van der Waals surface area contributed by atoms with Crippen LogP contribution >= 0.6 is 0 Å². The van der Waals surface area contributed by atoms with Crippen molar-refractivity contribution < 1.29 is 48.0 Å². The SMILES string of the molecule is C(Cc1ccccc1)=c1cccc2c1=[C]([Zr+2][C]1=c3c(cccc3=CCc3ccccc3)-c3ccccc31)c1ccccc1-2.[Cl-].[Cl-]. The summed E-state index contributed by atoms with van der Waals surface area (Å²) in [6.45, 7) is 0. The van der Waals surface area contributed by atoms with Crippen LogP contribution in [0, 0.1) is 0 Å². The van der Waals surface area contributed by atoms with Crippen LogP contribution in [-0.4, -0.2) is 0 Å². The van der Waals surface area contributed by atoms with Crippen LogP contribution < -0.4 is 45.7 Å². The summed E-state index contributed by atoms with van der Waals surface area (Å²) in [6.07, 6.45) is 6.76. The first kappa shape index (κ1) is 31.3. The van der Waals surface area contributed by atoms with Crippen LogP contribution in [0.15, 0.2) is 146 Å². The average Bonchev–Trinajstić information content (AvgIpc) is 3.57. The maximum absolute atomic E-state index is 2.44. The molecule has 0 saturated carbocycles. The summed E-state index contributed by atoms with van der Waals surface area (Å²) in [5.74, 6) is 0. The average molecular weight is 697 g/mol. The second-order valence-electron chi connectivity index (χ2n) is 11.3. The molecular formula is C42H30Cl2Zr. The normalized spacial score (nSPS) is 12.8. The van der Waals surface area contributed by atoms with Crippen LogP contribution in [0.25, 0.3) is 41.0 Å². The van der Waals surface area contributed by atoms with Crippen LogP contribution in [0.4, 0.5) is 0 Å². The number of halogens is 2. The van der Waals surface area contributed by atoms with E-state index in [0.29, 0.717) is 0 Å². The molecule has 0 heterocycles. The molecule has 216 valence electrons. The Morgan fingerprint density at radius 1 is 0.356 bits per heavy atom. The van der Waals surface area contributed by atoms with Gasteiger partial charge < -0.3 is 24.8 Å². The van der Waals surface area contributed by atoms with Gasteiger partial charge in [-0.2, -0.15) is 0 Å². The number of fused-ring (bicyclic) bond motifs is 6. The van der Waals surface area contributed by atoms with E-state index in [-0.39, 0.29) is 24.8 Å². The second kappa shape index (κ2) is 13.7. The van der Waals surface area contributed by atoms with Gasteiger partial charge in [-0.15, -0.1) is 0 Å². The van der Waals surface area contributed by atoms with Gasteiger partial charge in [0.05, 0.1) is 0 Å². The van der Waals surface area contributed by atoms with Crippen molar-refractivity contribution in [2.45, 2.75) is 12.8 Å². The van der Waals surface area contributed by atoms with Gasteiger partial charge in [-0.3, -0.25) is 0 Å². The van der Waals surface area contributed by atoms with E-state index in [2.05, 4.69) is 158 Å². The van der Waals surface area contributed by atoms with E-state index in [1.54, 1.807) is 6.56 Å². The van der Waals surface area contributed by atoms with Crippen molar-refractivity contribution in [2.75, 3.05) is 0 Å². The predicted molar refractivity (Wildman–Crippen MR) is 176 cm³/mol. The fourth-order valence-electron chi connectivity index (χ4n) is 6.70. The third-order valence-corrected chi connectivity index (χ3v) is 12.5. The van der Waals surface area contributed by atoms with E-state index >= 15 is 0 Å². The van der Waals surface area contributed by atoms with Crippen LogP contribution in [0.2, 0.25) is 0 Å². The minimum absolute atomic E-state index is 0. The Kier molecular flexibility index (Phi) is 9.53. The predicted octanol–water partition coefficient (Wildman–Crippen LogP) is 0.798. The molecule has 0 bridgehead atoms. The topological polar surface area (TPSA) is 0 Å². The third-order valence-electron chi connectivity index (χ3n) is 8.72. The summed E-state index contributed by atoms with van der Waals surface area (Å²) in [7, 11) is 0. The zero-order valence-electron chi connectivity index (χ0n) is 24.7. The molecule has 0 nitrogen and oxygen atoms in total. The molecule has 0 aromatic heterocycles. The maximum atomic E-state index is 2.44. The largest absolute Gasteiger partial charge is 1.00 e. The quantitative estimate of drug-likeness (QED) is 0.242. The Balaban J connectivity index is 0.00000179. The molecule has 0 atom stereocenters. The zero-order chi connectivity index (χ0) is 28.6. The molecular weight excluding hydrogens is 667 g/mol. The molecule has 2 aliphatic rings. The minimum Gasteiger partial charge on any atom is -1.00 e. The van der Waals surface area contributed by atoms with Gasteiger partial charge >= 0.3 is 266 Å². The van der Waals surface area contributed by atoms with Crippen molar-refractivity contribution in [3.05, 3.63) is 189 Å². The van der Waals surface area contributed by atoms with Gasteiger partial charge in [-0.25, -0.2) is 0 Å². The number of rotatable bonds is 6. The molecule has 0 spiro atoms. The Bertz CT molecular complexity index is 2090. The Morgan fingerprint density at radius 2 is 0.711 bits per heavy atom. The smallest absolute Gasteiger partial charge is 1.00 e. The summed E-state index contributed by atoms with van der Waals surface area (Å²) in [4.78, 5) is 0. The molecule has 0 fully saturated rings. The summed E-state index contributed by atoms with van der Waals surface area (Å²) in [6, 6.07) is 53.7. The molecule has 0 amide bonds. The van der Waals surface area contributed by atoms with Crippen LogP contribution in [0.1, 0.15) is 22.3 Å². The van der Waals surface area contributed by atoms with E-state index in [1.165, 1.54) is 65.4 Å². The summed E-state index contributed by atoms with van der Waals surface area (Å²) < 4.78 is 3.20. The van der Waals surface area contributed by atoms with Crippen molar-refractivity contribution in [3.63, 3.8) is 0 Å². The molecule has 6 aromatic rings. The second-order valence-corrected chi connectivity index (χ2v) is 14.4. The van der Waals surface area contributed by atoms with Crippen molar-refractivity contribution in [2.24, 2.45) is 0 Å². The van der Waals surface area contributed by atoms with Crippen LogP contribution in [0.3, 0.4) is 0 Å². The van der Waals surface area contributed by atoms with Gasteiger partial charge in [0.25, 0.3) is 0 Å². The number of hydrogen-bond acceptors (Lipinski definition) is 0. The summed E-state index contributed by atoms with van der Waals surface area (Å²) >= 11 is -1.28. The Hall–Kier alpha value is -3.74. The standard InChI is InChI=1S/2C21H15.2ClH.Zr/c2*1-2-7-16(8-3-1)13-14-17-10-6-12-20-19-11-5-4-9-18(19)15-21(17)20;;;/h2*1-12,14H,13H2;2*1H;/q;;;;+2/p-2. The summed E-state index contributed by atoms with van der Waals surface area (Å²) in [5, 5.41) is 5.67. The molecule has 0 aliphatic heterocycles. The van der Waals surface area contributed by atoms with Gasteiger partial charge in [0, 0.05) is 0 Å². The molecule has 8 rings (SSSR count). The van der Waals surface area contributed by atoms with Crippen molar-refractivity contribution in [3.8, 4) is 22.3 Å². The van der Waals surface area contributed by atoms with Crippen molar-refractivity contribution >= 4 is 18.7 Å². The van der Waals surface area contributed by atoms with E-state index in [1.807, 2.05) is 0 Å². The molecule has 45 heavy (non-hydrogen) atoms. The molecule has 0 N–H and O–H groups in total. The monoisotopic (exact) mass is 694 g/mol. The van der Waals surface area contributed by atoms with Gasteiger partial charge in [0.1, 0.15) is 0 Å². The Labute approximate surface area is 288 Å². The van der Waals surface area contributed by atoms with Crippen molar-refractivity contribution in [1.29, 1.82) is 0 Å². The Morgan fingerprint density at radius 3 is 1.13 bits per heavy atom. The van der Waals surface area contributed by atoms with E-state index < -0.39 is 23.2 Å². The maximum Gasteiger partial charge on any atom is -1.00 e. The minimum atomic E-state index is -1.28. The molecule has 0 radical (unpaired) electrons. The number of benzene rings is 6. The molecule has 6 aromatic carbocycles. The van der Waals surface area contributed by atoms with Gasteiger partial charge in [0.2, 0.25) is 0 Å². The van der Waals surface area contributed by atoms with E-state index in [4.69, 9.17) is 0 Å². The van der Waals surface area contributed by atoms with E-state index in [0.717, 1.165) is 12.8 Å². The molecule has 2 aliphatic carbocycles. The molecule has 3 heteroatoms. The fourth-order valence-corrected chi connectivity index (χ4v) is 11.0. The van der Waals surface area contributed by atoms with Gasteiger partial charge in [-0.05, 0) is 0 Å². The fraction of sp³-hybridized carbons (Fsp3) is 0.0476. The van der Waals surface area contributed by atoms with Gasteiger partial charge in [-0.1, -0.05) is 0 Å². The zero-order valence-corrected chi connectivity index (χ0v) is 28.7. The van der Waals surface area contributed by atoms with Crippen LogP contribution in [-0.2, 0) is 36.1 Å². The van der Waals surface area contributed by atoms with Gasteiger partial charge in [0.15, 0.2) is 0 Å². The molecule has 0 saturated heterocycles. The first-order chi connectivity index (χ1) is 21.3. The first-order valence-electron chi connectivity index (χ1n) is 15.1. The first-order valence-corrected chi connectivity index (χ1v) is 17.5.